The van der Waals surface area contributed by atoms with Gasteiger partial charge in [0, 0.05) is 51.8 Å². The lowest BCUT2D eigenvalue weighted by molar-refractivity contribution is -0.137. The molecule has 8 bridgehead atoms. The van der Waals surface area contributed by atoms with E-state index in [4.69, 9.17) is 9.97 Å². The van der Waals surface area contributed by atoms with E-state index in [2.05, 4.69) is 37.3 Å². The summed E-state index contributed by atoms with van der Waals surface area (Å²) in [6.07, 6.45) is 3.55. The first-order valence-electron chi connectivity index (χ1n) is 14.6. The highest BCUT2D eigenvalue weighted by molar-refractivity contribution is 6.02. The third kappa shape index (κ3) is 4.74. The van der Waals surface area contributed by atoms with Crippen molar-refractivity contribution in [3.8, 4) is 0 Å². The Morgan fingerprint density at radius 3 is 2.24 bits per heavy atom. The number of rotatable bonds is 7. The van der Waals surface area contributed by atoms with Gasteiger partial charge in [0.15, 0.2) is 0 Å². The third-order valence-electron chi connectivity index (χ3n) is 8.98. The number of fused-ring (bicyclic) bond motifs is 8. The fraction of sp³-hybridized carbons (Fsp3) is 0.353. The van der Waals surface area contributed by atoms with E-state index in [1.807, 2.05) is 45.0 Å². The fourth-order valence-corrected chi connectivity index (χ4v) is 6.56. The number of aromatic nitrogens is 4. The van der Waals surface area contributed by atoms with Crippen LogP contribution in [0, 0.1) is 13.8 Å². The van der Waals surface area contributed by atoms with Crippen molar-refractivity contribution in [1.29, 1.82) is 0 Å². The summed E-state index contributed by atoms with van der Waals surface area (Å²) in [7, 11) is 0. The van der Waals surface area contributed by atoms with Crippen molar-refractivity contribution in [2.45, 2.75) is 79.1 Å². The molecule has 0 saturated carbocycles. The summed E-state index contributed by atoms with van der Waals surface area (Å²) < 4.78 is 0. The van der Waals surface area contributed by atoms with Crippen LogP contribution in [0.15, 0.2) is 30.9 Å². The second-order valence-electron chi connectivity index (χ2n) is 11.3. The summed E-state index contributed by atoms with van der Waals surface area (Å²) in [4.78, 5) is 41.4. The molecular formula is C34H38N4O4. The molecule has 0 amide bonds. The van der Waals surface area contributed by atoms with E-state index >= 15 is 0 Å². The lowest BCUT2D eigenvalue weighted by Gasteiger charge is -2.17. The zero-order valence-electron chi connectivity index (χ0n) is 25.1. The quantitative estimate of drug-likeness (QED) is 0.233. The van der Waals surface area contributed by atoms with Crippen LogP contribution in [0.5, 0.6) is 0 Å². The van der Waals surface area contributed by atoms with Crippen LogP contribution in [0.2, 0.25) is 0 Å². The number of aliphatic carboxylic acids is 1. The predicted molar refractivity (Wildman–Crippen MR) is 167 cm³/mol. The Bertz CT molecular complexity index is 1840. The molecule has 0 unspecified atom stereocenters. The van der Waals surface area contributed by atoms with Crippen molar-refractivity contribution in [3.63, 3.8) is 0 Å². The maximum absolute atomic E-state index is 12.7. The molecule has 0 saturated heterocycles. The number of allylic oxidation sites excluding steroid dienone is 3. The molecule has 218 valence electrons. The maximum Gasteiger partial charge on any atom is 0.338 e. The molecular weight excluding hydrogens is 528 g/mol. The molecule has 2 aliphatic rings. The number of H-pyrrole nitrogens is 2. The van der Waals surface area contributed by atoms with Crippen LogP contribution in [0.4, 0.5) is 0 Å². The Morgan fingerprint density at radius 1 is 0.929 bits per heavy atom. The molecule has 0 aromatic carbocycles. The van der Waals surface area contributed by atoms with Crippen LogP contribution in [0.3, 0.4) is 0 Å². The summed E-state index contributed by atoms with van der Waals surface area (Å²) in [5.41, 5.74) is 12.1. The van der Waals surface area contributed by atoms with Gasteiger partial charge in [-0.2, -0.15) is 0 Å². The topological polar surface area (TPSA) is 132 Å². The molecule has 2 atom stereocenters. The average Bonchev–Trinajstić information content (AvgIpc) is 3.61. The zero-order valence-corrected chi connectivity index (χ0v) is 25.1. The number of carboxylic acid groups (broad SMARTS) is 2. The number of aryl methyl sites for hydroxylation is 4. The summed E-state index contributed by atoms with van der Waals surface area (Å²) in [6.45, 7) is 16.1. The third-order valence-corrected chi connectivity index (χ3v) is 8.98. The molecule has 42 heavy (non-hydrogen) atoms. The molecule has 0 radical (unpaired) electrons. The van der Waals surface area contributed by atoms with Gasteiger partial charge in [0.2, 0.25) is 0 Å². The van der Waals surface area contributed by atoms with Crippen molar-refractivity contribution in [2.24, 2.45) is 0 Å². The van der Waals surface area contributed by atoms with Crippen LogP contribution < -0.4 is 0 Å². The molecule has 5 heterocycles. The molecule has 8 nitrogen and oxygen atoms in total. The Labute approximate surface area is 245 Å². The highest BCUT2D eigenvalue weighted by Crippen LogP contribution is 2.43. The smallest absolute Gasteiger partial charge is 0.338 e. The van der Waals surface area contributed by atoms with Gasteiger partial charge < -0.3 is 20.2 Å². The molecule has 5 rings (SSSR count). The van der Waals surface area contributed by atoms with Gasteiger partial charge in [0.05, 0.1) is 22.5 Å². The summed E-state index contributed by atoms with van der Waals surface area (Å²) >= 11 is 0. The van der Waals surface area contributed by atoms with E-state index in [-0.39, 0.29) is 23.8 Å². The van der Waals surface area contributed by atoms with Crippen LogP contribution in [-0.4, -0.2) is 42.1 Å². The molecule has 8 heteroatoms. The summed E-state index contributed by atoms with van der Waals surface area (Å²) in [5.74, 6) is -2.15. The molecule has 0 spiro atoms. The van der Waals surface area contributed by atoms with Gasteiger partial charge in [-0.15, -0.1) is 0 Å². The Balaban J connectivity index is 2.01. The largest absolute Gasteiger partial charge is 0.481 e. The molecule has 3 aromatic heterocycles. The van der Waals surface area contributed by atoms with Crippen molar-refractivity contribution in [1.82, 2.24) is 19.9 Å². The second kappa shape index (κ2) is 11.1. The first kappa shape index (κ1) is 29.0. The Hall–Kier alpha value is -4.46. The minimum absolute atomic E-state index is 0.00563. The van der Waals surface area contributed by atoms with Gasteiger partial charge in [-0.05, 0) is 86.1 Å². The molecule has 3 aromatic rings. The van der Waals surface area contributed by atoms with E-state index in [9.17, 15) is 19.8 Å². The Morgan fingerprint density at radius 2 is 1.62 bits per heavy atom. The Kier molecular flexibility index (Phi) is 7.66. The van der Waals surface area contributed by atoms with Crippen molar-refractivity contribution >= 4 is 45.2 Å². The lowest BCUT2D eigenvalue weighted by Crippen LogP contribution is -2.08. The number of nitrogens with one attached hydrogen (secondary N) is 2. The highest BCUT2D eigenvalue weighted by atomic mass is 16.4. The normalized spacial score (nSPS) is 16.6. The minimum atomic E-state index is -1.01. The second-order valence-corrected chi connectivity index (χ2v) is 11.3. The van der Waals surface area contributed by atoms with E-state index in [0.29, 0.717) is 29.4 Å². The summed E-state index contributed by atoms with van der Waals surface area (Å²) in [5, 5.41) is 19.9. The number of carboxylic acids is 2. The SMILES string of the molecule is C=CC1=C(C)c2cc3nc(c(CC)c4[nH]c(cc5[nH]c(cc1n2)c(C)c5CC)c(C)c4C(=O)O)[C@@H](CCC(=O)O)[C@@H]3C. The van der Waals surface area contributed by atoms with Gasteiger partial charge in [-0.1, -0.05) is 33.4 Å². The zero-order chi connectivity index (χ0) is 30.5. The van der Waals surface area contributed by atoms with E-state index in [1.165, 1.54) is 0 Å². The van der Waals surface area contributed by atoms with Crippen LogP contribution in [-0.2, 0) is 17.6 Å². The molecule has 0 fully saturated rings. The maximum atomic E-state index is 12.7. The average molecular weight is 567 g/mol. The van der Waals surface area contributed by atoms with Crippen LogP contribution in [0.1, 0.15) is 108 Å². The standard InChI is InChI=1S/C34H38N4O4/c1-8-20-16(4)24-13-26-18(6)23(11-12-30(39)40)32(37-26)22(10-3)33-31(34(41)42)19(7)27(38-33)15-29-21(9-2)17(5)25(36-29)14-28(20)35-24/h8,13-15,18,23,36,38H,1,9-12H2,2-7H3,(H,39,40)(H,41,42)/t18-,23-/m0/s1. The van der Waals surface area contributed by atoms with Gasteiger partial charge in [-0.25, -0.2) is 9.78 Å². The first-order chi connectivity index (χ1) is 20.0. The number of nitrogens with zero attached hydrogens (tertiary/aromatic N) is 2. The van der Waals surface area contributed by atoms with Gasteiger partial charge in [0.25, 0.3) is 0 Å². The van der Waals surface area contributed by atoms with Crippen LogP contribution in [0.25, 0.3) is 33.2 Å². The summed E-state index contributed by atoms with van der Waals surface area (Å²) in [6, 6.07) is 6.03. The number of hydrogen-bond donors (Lipinski definition) is 4. The number of aromatic carboxylic acids is 1. The molecule has 4 N–H and O–H groups in total. The number of aromatic amines is 2. The fourth-order valence-electron chi connectivity index (χ4n) is 6.56. The molecule has 2 aliphatic heterocycles. The van der Waals surface area contributed by atoms with Crippen molar-refractivity contribution in [3.05, 3.63) is 81.4 Å². The van der Waals surface area contributed by atoms with Gasteiger partial charge in [0.1, 0.15) is 0 Å². The highest BCUT2D eigenvalue weighted by Gasteiger charge is 2.32. The molecule has 0 aliphatic carbocycles. The van der Waals surface area contributed by atoms with Crippen molar-refractivity contribution < 1.29 is 19.8 Å². The van der Waals surface area contributed by atoms with Crippen molar-refractivity contribution in [2.75, 3.05) is 0 Å². The number of hydrogen-bond acceptors (Lipinski definition) is 4. The van der Waals surface area contributed by atoms with E-state index in [0.717, 1.165) is 68.1 Å². The van der Waals surface area contributed by atoms with E-state index < -0.39 is 11.9 Å². The minimum Gasteiger partial charge on any atom is -0.481 e. The monoisotopic (exact) mass is 566 g/mol. The first-order valence-corrected chi connectivity index (χ1v) is 14.6. The van der Waals surface area contributed by atoms with E-state index in [1.54, 1.807) is 0 Å². The lowest BCUT2D eigenvalue weighted by atomic mass is 9.85. The predicted octanol–water partition coefficient (Wildman–Crippen LogP) is 7.62. The van der Waals surface area contributed by atoms with Crippen LogP contribution >= 0.6 is 0 Å². The van der Waals surface area contributed by atoms with Gasteiger partial charge in [-0.3, -0.25) is 9.78 Å². The van der Waals surface area contributed by atoms with Gasteiger partial charge >= 0.3 is 11.9 Å². The number of carbonyl (C=O) groups is 2.